The van der Waals surface area contributed by atoms with Crippen LogP contribution >= 0.6 is 23.1 Å². The second kappa shape index (κ2) is 7.20. The van der Waals surface area contributed by atoms with Gasteiger partial charge in [0.15, 0.2) is 5.82 Å². The number of carbonyl (C=O) groups is 1. The quantitative estimate of drug-likeness (QED) is 0.734. The minimum absolute atomic E-state index is 0.317. The number of aromatic nitrogens is 4. The number of benzene rings is 1. The molecule has 0 atom stereocenters. The third-order valence-electron chi connectivity index (χ3n) is 3.59. The highest BCUT2D eigenvalue weighted by Gasteiger charge is 2.21. The number of nitrogens with one attached hydrogen (secondary N) is 1. The molecule has 0 aliphatic heterocycles. The van der Waals surface area contributed by atoms with Crippen LogP contribution in [0.2, 0.25) is 5.15 Å². The third kappa shape index (κ3) is 3.49. The summed E-state index contributed by atoms with van der Waals surface area (Å²) in [7, 11) is 1.61. The Morgan fingerprint density at radius 3 is 2.68 bits per heavy atom. The minimum atomic E-state index is -0.348. The first-order valence-electron chi connectivity index (χ1n) is 7.55. The molecule has 3 aromatic rings. The van der Waals surface area contributed by atoms with E-state index in [2.05, 4.69) is 19.8 Å². The lowest BCUT2D eigenvalue weighted by Gasteiger charge is -2.01. The number of hydrogen-bond donors (Lipinski definition) is 1. The van der Waals surface area contributed by atoms with E-state index >= 15 is 0 Å². The molecule has 1 N–H and O–H groups in total. The number of rotatable bonds is 5. The Kier molecular flexibility index (Phi) is 5.00. The highest BCUT2D eigenvalue weighted by atomic mass is 35.5. The predicted molar refractivity (Wildman–Crippen MR) is 97.5 cm³/mol. The molecule has 0 fully saturated rings. The number of aryl methyl sites for hydroxylation is 2. The normalized spacial score (nSPS) is 10.7. The van der Waals surface area contributed by atoms with Crippen LogP contribution < -0.4 is 10.1 Å². The lowest BCUT2D eigenvalue weighted by molar-refractivity contribution is 0.102. The molecule has 3 rings (SSSR count). The van der Waals surface area contributed by atoms with Crippen LogP contribution in [0.5, 0.6) is 5.75 Å². The number of amides is 1. The summed E-state index contributed by atoms with van der Waals surface area (Å²) in [6.07, 6.45) is 0. The van der Waals surface area contributed by atoms with Crippen LogP contribution in [0.25, 0.3) is 11.4 Å². The van der Waals surface area contributed by atoms with Gasteiger partial charge >= 0.3 is 0 Å². The topological polar surface area (TPSA) is 81.9 Å². The van der Waals surface area contributed by atoms with E-state index in [0.29, 0.717) is 33.9 Å². The second-order valence-corrected chi connectivity index (χ2v) is 6.28. The second-order valence-electron chi connectivity index (χ2n) is 5.17. The van der Waals surface area contributed by atoms with Gasteiger partial charge in [0.2, 0.25) is 5.13 Å². The van der Waals surface area contributed by atoms with Crippen LogP contribution in [-0.4, -0.2) is 32.2 Å². The molecule has 0 saturated heterocycles. The zero-order chi connectivity index (χ0) is 18.0. The summed E-state index contributed by atoms with van der Waals surface area (Å²) in [6, 6.07) is 7.38. The molecular formula is C16H16ClN5O2S. The van der Waals surface area contributed by atoms with Gasteiger partial charge in [0.05, 0.1) is 18.4 Å². The molecule has 2 aromatic heterocycles. The molecule has 1 aromatic carbocycles. The van der Waals surface area contributed by atoms with Crippen molar-refractivity contribution in [3.63, 3.8) is 0 Å². The monoisotopic (exact) mass is 377 g/mol. The molecule has 0 aliphatic carbocycles. The molecule has 0 unspecified atom stereocenters. The first-order chi connectivity index (χ1) is 12.0. The van der Waals surface area contributed by atoms with E-state index in [4.69, 9.17) is 16.3 Å². The van der Waals surface area contributed by atoms with Crippen molar-refractivity contribution in [3.8, 4) is 17.1 Å². The van der Waals surface area contributed by atoms with Gasteiger partial charge in [-0.05, 0) is 38.1 Å². The van der Waals surface area contributed by atoms with Gasteiger partial charge in [-0.2, -0.15) is 14.5 Å². The largest absolute Gasteiger partial charge is 0.497 e. The molecule has 130 valence electrons. The number of anilines is 1. The molecule has 0 spiro atoms. The molecular weight excluding hydrogens is 362 g/mol. The number of nitrogens with zero attached hydrogens (tertiary/aromatic N) is 4. The molecule has 7 nitrogen and oxygen atoms in total. The van der Waals surface area contributed by atoms with Gasteiger partial charge in [-0.15, -0.1) is 0 Å². The summed E-state index contributed by atoms with van der Waals surface area (Å²) >= 11 is 7.32. The van der Waals surface area contributed by atoms with Gasteiger partial charge in [0, 0.05) is 23.6 Å². The highest BCUT2D eigenvalue weighted by Crippen LogP contribution is 2.25. The summed E-state index contributed by atoms with van der Waals surface area (Å²) in [4.78, 5) is 16.8. The summed E-state index contributed by atoms with van der Waals surface area (Å²) < 4.78 is 11.0. The molecule has 2 heterocycles. The Balaban J connectivity index is 1.79. The van der Waals surface area contributed by atoms with E-state index in [0.717, 1.165) is 22.8 Å². The van der Waals surface area contributed by atoms with Gasteiger partial charge in [0.1, 0.15) is 10.9 Å². The maximum Gasteiger partial charge on any atom is 0.262 e. The van der Waals surface area contributed by atoms with Gasteiger partial charge in [-0.3, -0.25) is 14.8 Å². The van der Waals surface area contributed by atoms with Gasteiger partial charge in [-0.1, -0.05) is 11.6 Å². The van der Waals surface area contributed by atoms with Crippen LogP contribution in [0, 0.1) is 6.92 Å². The van der Waals surface area contributed by atoms with E-state index in [1.165, 1.54) is 0 Å². The first kappa shape index (κ1) is 17.4. The van der Waals surface area contributed by atoms with Crippen molar-refractivity contribution in [2.24, 2.45) is 0 Å². The zero-order valence-electron chi connectivity index (χ0n) is 13.9. The summed E-state index contributed by atoms with van der Waals surface area (Å²) in [5.74, 6) is 0.945. The summed E-state index contributed by atoms with van der Waals surface area (Å²) in [5.41, 5.74) is 1.76. The van der Waals surface area contributed by atoms with Gasteiger partial charge in [-0.25, -0.2) is 0 Å². The molecule has 25 heavy (non-hydrogen) atoms. The maximum atomic E-state index is 12.5. The molecule has 9 heteroatoms. The number of halogens is 1. The molecule has 0 radical (unpaired) electrons. The summed E-state index contributed by atoms with van der Waals surface area (Å²) in [5, 5.41) is 7.69. The van der Waals surface area contributed by atoms with Crippen molar-refractivity contribution >= 4 is 34.2 Å². The lowest BCUT2D eigenvalue weighted by Crippen LogP contribution is -2.13. The highest BCUT2D eigenvalue weighted by molar-refractivity contribution is 7.10. The minimum Gasteiger partial charge on any atom is -0.497 e. The van der Waals surface area contributed by atoms with E-state index < -0.39 is 0 Å². The van der Waals surface area contributed by atoms with Crippen molar-refractivity contribution in [1.82, 2.24) is 19.1 Å². The molecule has 0 bridgehead atoms. The Morgan fingerprint density at radius 1 is 1.36 bits per heavy atom. The third-order valence-corrected chi connectivity index (χ3v) is 4.60. The standard InChI is InChI=1S/C16H16ClN5O2S/c1-4-22-13(17)12(9(2)20-22)15(23)19-16-18-14(21-25-16)10-5-7-11(24-3)8-6-10/h5-8H,4H2,1-3H3,(H,18,19,21,23). The number of hydrogen-bond acceptors (Lipinski definition) is 6. The number of carbonyl (C=O) groups excluding carboxylic acids is 1. The fourth-order valence-corrected chi connectivity index (χ4v) is 3.28. The number of methoxy groups -OCH3 is 1. The molecule has 0 saturated carbocycles. The van der Waals surface area contributed by atoms with E-state index in [1.807, 2.05) is 31.2 Å². The van der Waals surface area contributed by atoms with Gasteiger partial charge < -0.3 is 4.74 Å². The van der Waals surface area contributed by atoms with E-state index in [9.17, 15) is 4.79 Å². The van der Waals surface area contributed by atoms with E-state index in [-0.39, 0.29) is 5.91 Å². The molecule has 0 aliphatic rings. The van der Waals surface area contributed by atoms with E-state index in [1.54, 1.807) is 18.7 Å². The fraction of sp³-hybridized carbons (Fsp3) is 0.250. The smallest absolute Gasteiger partial charge is 0.262 e. The lowest BCUT2D eigenvalue weighted by atomic mass is 10.2. The van der Waals surface area contributed by atoms with Crippen molar-refractivity contribution in [1.29, 1.82) is 0 Å². The Labute approximate surface area is 153 Å². The Bertz CT molecular complexity index is 904. The van der Waals surface area contributed by atoms with Crippen molar-refractivity contribution in [2.45, 2.75) is 20.4 Å². The SMILES string of the molecule is CCn1nc(C)c(C(=O)Nc2nc(-c3ccc(OC)cc3)ns2)c1Cl. The van der Waals surface area contributed by atoms with Crippen LogP contribution in [0.1, 0.15) is 23.0 Å². The van der Waals surface area contributed by atoms with Crippen LogP contribution in [0.15, 0.2) is 24.3 Å². The molecule has 1 amide bonds. The first-order valence-corrected chi connectivity index (χ1v) is 8.71. The zero-order valence-corrected chi connectivity index (χ0v) is 15.5. The Morgan fingerprint density at radius 2 is 2.08 bits per heavy atom. The van der Waals surface area contributed by atoms with Crippen molar-refractivity contribution < 1.29 is 9.53 Å². The fourth-order valence-electron chi connectivity index (χ4n) is 2.31. The van der Waals surface area contributed by atoms with Crippen molar-refractivity contribution in [2.75, 3.05) is 12.4 Å². The number of ether oxygens (including phenoxy) is 1. The van der Waals surface area contributed by atoms with Gasteiger partial charge in [0.25, 0.3) is 5.91 Å². The average molecular weight is 378 g/mol. The van der Waals surface area contributed by atoms with Crippen LogP contribution in [0.3, 0.4) is 0 Å². The van der Waals surface area contributed by atoms with Crippen molar-refractivity contribution in [3.05, 3.63) is 40.7 Å². The average Bonchev–Trinajstić information content (AvgIpc) is 3.19. The Hall–Kier alpha value is -2.45. The maximum absolute atomic E-state index is 12.5. The van der Waals surface area contributed by atoms with Crippen LogP contribution in [0.4, 0.5) is 5.13 Å². The predicted octanol–water partition coefficient (Wildman–Crippen LogP) is 3.64. The van der Waals surface area contributed by atoms with Crippen LogP contribution in [-0.2, 0) is 6.54 Å². The summed E-state index contributed by atoms with van der Waals surface area (Å²) in [6.45, 7) is 4.25.